The number of rotatable bonds is 5. The first kappa shape index (κ1) is 25.3. The third-order valence-electron chi connectivity index (χ3n) is 7.22. The van der Waals surface area contributed by atoms with E-state index in [1.54, 1.807) is 53.4 Å². The molecule has 0 N–H and O–H groups in total. The van der Waals surface area contributed by atoms with Crippen LogP contribution in [-0.4, -0.2) is 47.8 Å². The van der Waals surface area contributed by atoms with E-state index in [2.05, 4.69) is 5.10 Å². The first-order valence-corrected chi connectivity index (χ1v) is 12.7. The summed E-state index contributed by atoms with van der Waals surface area (Å²) in [7, 11) is 5.16. The smallest absolute Gasteiger partial charge is 0.328 e. The van der Waals surface area contributed by atoms with Gasteiger partial charge in [0.15, 0.2) is 0 Å². The number of hydrogen-bond acceptors (Lipinski definition) is 5. The second kappa shape index (κ2) is 8.77. The van der Waals surface area contributed by atoms with Crippen LogP contribution in [0.1, 0.15) is 38.6 Å². The number of imidazole rings is 2. The minimum atomic E-state index is -2.71. The summed E-state index contributed by atoms with van der Waals surface area (Å²) in [6.45, 7) is 7.01. The molecule has 6 rings (SSSR count). The molecule has 0 spiro atoms. The zero-order valence-corrected chi connectivity index (χ0v) is 22.7. The summed E-state index contributed by atoms with van der Waals surface area (Å²) in [6, 6.07) is 6.96. The Kier molecular flexibility index (Phi) is 5.69. The molecule has 4 heterocycles. The minimum Gasteiger partial charge on any atom is -0.483 e. The fraction of sp³-hybridized carbons (Fsp3) is 0.393. The number of fused-ring (bicyclic) bond motifs is 2. The molecule has 9 nitrogen and oxygen atoms in total. The van der Waals surface area contributed by atoms with E-state index in [4.69, 9.17) is 14.5 Å². The molecule has 204 valence electrons. The maximum atomic E-state index is 14.5. The summed E-state index contributed by atoms with van der Waals surface area (Å²) in [5.74, 6) is 1.22. The highest BCUT2D eigenvalue weighted by atomic mass is 19.3. The van der Waals surface area contributed by atoms with Gasteiger partial charge in [0.05, 0.1) is 41.6 Å². The molecule has 1 aliphatic heterocycles. The Bertz CT molecular complexity index is 1800. The van der Waals surface area contributed by atoms with E-state index < -0.39 is 11.8 Å². The second-order valence-corrected chi connectivity index (χ2v) is 11.1. The van der Waals surface area contributed by atoms with Gasteiger partial charge in [-0.15, -0.1) is 0 Å². The molecular weight excluding hydrogens is 506 g/mol. The molecule has 5 aromatic rings. The number of benzene rings is 2. The highest BCUT2D eigenvalue weighted by Crippen LogP contribution is 2.39. The zero-order chi connectivity index (χ0) is 27.8. The molecule has 1 aliphatic rings. The van der Waals surface area contributed by atoms with Gasteiger partial charge in [-0.25, -0.2) is 18.6 Å². The quantitative estimate of drug-likeness (QED) is 0.327. The number of halogens is 2. The maximum absolute atomic E-state index is 14.5. The number of aryl methyl sites for hydroxylation is 3. The van der Waals surface area contributed by atoms with Crippen LogP contribution in [0.15, 0.2) is 41.5 Å². The van der Waals surface area contributed by atoms with Gasteiger partial charge < -0.3 is 9.47 Å². The molecule has 1 fully saturated rings. The van der Waals surface area contributed by atoms with E-state index in [1.807, 2.05) is 37.5 Å². The summed E-state index contributed by atoms with van der Waals surface area (Å²) in [6.07, 6.45) is 0.451. The van der Waals surface area contributed by atoms with E-state index in [9.17, 15) is 13.6 Å². The Morgan fingerprint density at radius 1 is 1.05 bits per heavy atom. The fourth-order valence-corrected chi connectivity index (χ4v) is 5.17. The number of ether oxygens (including phenoxy) is 2. The molecule has 39 heavy (non-hydrogen) atoms. The van der Waals surface area contributed by atoms with Gasteiger partial charge in [-0.1, -0.05) is 20.8 Å². The Morgan fingerprint density at radius 2 is 1.79 bits per heavy atom. The number of alkyl halides is 2. The van der Waals surface area contributed by atoms with Gasteiger partial charge in [0.2, 0.25) is 0 Å². The molecule has 0 unspecified atom stereocenters. The van der Waals surface area contributed by atoms with Crippen molar-refractivity contribution in [2.45, 2.75) is 38.7 Å². The van der Waals surface area contributed by atoms with Crippen LogP contribution in [0.2, 0.25) is 0 Å². The Balaban J connectivity index is 1.67. The molecular formula is C28H30F2N6O3. The van der Waals surface area contributed by atoms with E-state index >= 15 is 0 Å². The largest absolute Gasteiger partial charge is 0.483 e. The first-order chi connectivity index (χ1) is 18.4. The van der Waals surface area contributed by atoms with Crippen LogP contribution in [-0.2, 0) is 31.3 Å². The first-order valence-electron chi connectivity index (χ1n) is 12.7. The van der Waals surface area contributed by atoms with Gasteiger partial charge in [0, 0.05) is 49.9 Å². The standard InChI is InChI=1S/C28H30F2N6O3/c1-28(2,3)26-32-20-9-18(15-11-31-33(4)12-15)19(25(29)30)10-21(20)36(26)16-7-22-24(35(6)27(37)34(22)5)23(8-16)39-17-13-38-14-17/h7-12,17,25H,13-14H2,1-6H3. The zero-order valence-electron chi connectivity index (χ0n) is 22.7. The molecule has 0 radical (unpaired) electrons. The molecule has 0 saturated carbocycles. The SMILES string of the molecule is Cn1cc(-c2cc3nc(C(C)(C)C)n(-c4cc(OC5COC5)c5c(c4)n(C)c(=O)n5C)c3cc2C(F)F)cn1. The van der Waals surface area contributed by atoms with Gasteiger partial charge in [-0.2, -0.15) is 5.10 Å². The summed E-state index contributed by atoms with van der Waals surface area (Å²) in [5.41, 5.74) is 3.38. The van der Waals surface area contributed by atoms with E-state index in [0.29, 0.717) is 63.7 Å². The Labute approximate surface area is 223 Å². The maximum Gasteiger partial charge on any atom is 0.328 e. The summed E-state index contributed by atoms with van der Waals surface area (Å²) in [4.78, 5) is 17.8. The number of hydrogen-bond donors (Lipinski definition) is 0. The number of aromatic nitrogens is 6. The van der Waals surface area contributed by atoms with Crippen LogP contribution < -0.4 is 10.4 Å². The molecule has 0 bridgehead atoms. The van der Waals surface area contributed by atoms with Crippen LogP contribution in [0.3, 0.4) is 0 Å². The lowest BCUT2D eigenvalue weighted by molar-refractivity contribution is -0.0792. The second-order valence-electron chi connectivity index (χ2n) is 11.1. The van der Waals surface area contributed by atoms with Gasteiger partial charge >= 0.3 is 5.69 Å². The van der Waals surface area contributed by atoms with Crippen molar-refractivity contribution in [3.8, 4) is 22.6 Å². The van der Waals surface area contributed by atoms with Crippen LogP contribution in [0, 0.1) is 0 Å². The molecule has 2 aromatic carbocycles. The molecule has 3 aromatic heterocycles. The lowest BCUT2D eigenvalue weighted by Gasteiger charge is -2.27. The fourth-order valence-electron chi connectivity index (χ4n) is 5.17. The average molecular weight is 537 g/mol. The Morgan fingerprint density at radius 3 is 2.38 bits per heavy atom. The van der Waals surface area contributed by atoms with Crippen LogP contribution in [0.5, 0.6) is 5.75 Å². The molecule has 11 heteroatoms. The molecule has 0 amide bonds. The third-order valence-corrected chi connectivity index (χ3v) is 7.22. The van der Waals surface area contributed by atoms with E-state index in [0.717, 1.165) is 0 Å². The van der Waals surface area contributed by atoms with Gasteiger partial charge in [0.1, 0.15) is 23.2 Å². The van der Waals surface area contributed by atoms with Crippen molar-refractivity contribution in [1.29, 1.82) is 0 Å². The normalized spacial score (nSPS) is 14.6. The predicted octanol–water partition coefficient (Wildman–Crippen LogP) is 4.63. The van der Waals surface area contributed by atoms with Crippen molar-refractivity contribution >= 4 is 22.1 Å². The van der Waals surface area contributed by atoms with Gasteiger partial charge in [-0.05, 0) is 23.8 Å². The predicted molar refractivity (Wildman–Crippen MR) is 144 cm³/mol. The van der Waals surface area contributed by atoms with E-state index in [1.165, 1.54) is 6.07 Å². The van der Waals surface area contributed by atoms with Crippen LogP contribution in [0.25, 0.3) is 38.9 Å². The topological polar surface area (TPSA) is 81.0 Å². The van der Waals surface area contributed by atoms with Gasteiger partial charge in [0.25, 0.3) is 6.43 Å². The minimum absolute atomic E-state index is 0.103. The lowest BCUT2D eigenvalue weighted by atomic mass is 9.95. The van der Waals surface area contributed by atoms with Gasteiger partial charge in [-0.3, -0.25) is 18.4 Å². The Hall–Kier alpha value is -3.99. The van der Waals surface area contributed by atoms with Crippen molar-refractivity contribution in [2.24, 2.45) is 21.1 Å². The molecule has 1 saturated heterocycles. The summed E-state index contributed by atoms with van der Waals surface area (Å²) in [5, 5.41) is 4.17. The van der Waals surface area contributed by atoms with E-state index in [-0.39, 0.29) is 17.4 Å². The number of nitrogens with zero attached hydrogens (tertiary/aromatic N) is 6. The summed E-state index contributed by atoms with van der Waals surface area (Å²) < 4.78 is 47.1. The monoisotopic (exact) mass is 536 g/mol. The summed E-state index contributed by atoms with van der Waals surface area (Å²) >= 11 is 0. The van der Waals surface area contributed by atoms with Crippen molar-refractivity contribution in [2.75, 3.05) is 13.2 Å². The molecule has 0 atom stereocenters. The van der Waals surface area contributed by atoms with Crippen LogP contribution >= 0.6 is 0 Å². The average Bonchev–Trinajstić information content (AvgIpc) is 3.51. The van der Waals surface area contributed by atoms with Crippen LogP contribution in [0.4, 0.5) is 8.78 Å². The highest BCUT2D eigenvalue weighted by Gasteiger charge is 2.29. The van der Waals surface area contributed by atoms with Crippen molar-refractivity contribution in [3.05, 3.63) is 58.5 Å². The lowest BCUT2D eigenvalue weighted by Crippen LogP contribution is -2.38. The highest BCUT2D eigenvalue weighted by molar-refractivity contribution is 5.89. The molecule has 0 aliphatic carbocycles. The third kappa shape index (κ3) is 4.03. The van der Waals surface area contributed by atoms with Crippen molar-refractivity contribution in [3.63, 3.8) is 0 Å². The van der Waals surface area contributed by atoms with Crippen molar-refractivity contribution < 1.29 is 18.3 Å². The van der Waals surface area contributed by atoms with Crippen molar-refractivity contribution in [1.82, 2.24) is 28.5 Å².